The van der Waals surface area contributed by atoms with E-state index in [-0.39, 0.29) is 0 Å². The number of rotatable bonds is 2. The maximum Gasteiger partial charge on any atom is 0.143 e. The molecule has 20 heavy (non-hydrogen) atoms. The molecule has 106 valence electrons. The van der Waals surface area contributed by atoms with Gasteiger partial charge in [0.2, 0.25) is 0 Å². The molecular formula is C17H22N2O. The molecule has 3 rings (SSSR count). The van der Waals surface area contributed by atoms with Crippen LogP contribution in [0.4, 0.5) is 5.69 Å². The van der Waals surface area contributed by atoms with E-state index < -0.39 is 0 Å². The number of nitrogens with zero attached hydrogens (tertiary/aromatic N) is 2. The van der Waals surface area contributed by atoms with Gasteiger partial charge in [-0.2, -0.15) is 5.26 Å². The fraction of sp³-hybridized carbons (Fsp3) is 0.588. The lowest BCUT2D eigenvalue weighted by molar-refractivity contribution is 0.179. The summed E-state index contributed by atoms with van der Waals surface area (Å²) in [5, 5.41) is 8.97. The summed E-state index contributed by atoms with van der Waals surface area (Å²) in [6.45, 7) is 2.30. The predicted molar refractivity (Wildman–Crippen MR) is 80.1 cm³/mol. The largest absolute Gasteiger partial charge is 0.495 e. The van der Waals surface area contributed by atoms with Gasteiger partial charge >= 0.3 is 0 Å². The number of ether oxygens (including phenoxy) is 1. The topological polar surface area (TPSA) is 36.3 Å². The molecule has 0 amide bonds. The van der Waals surface area contributed by atoms with E-state index in [0.29, 0.717) is 11.0 Å². The molecule has 3 nitrogen and oxygen atoms in total. The average Bonchev–Trinajstić information content (AvgIpc) is 2.71. The van der Waals surface area contributed by atoms with Gasteiger partial charge in [0.05, 0.1) is 24.4 Å². The van der Waals surface area contributed by atoms with E-state index in [2.05, 4.69) is 11.0 Å². The van der Waals surface area contributed by atoms with Crippen LogP contribution in [0.1, 0.15) is 44.1 Å². The van der Waals surface area contributed by atoms with Gasteiger partial charge in [-0.15, -0.1) is 0 Å². The highest BCUT2D eigenvalue weighted by molar-refractivity contribution is 5.63. The van der Waals surface area contributed by atoms with Gasteiger partial charge in [-0.05, 0) is 25.0 Å². The van der Waals surface area contributed by atoms with E-state index in [0.717, 1.165) is 24.5 Å². The first-order valence-electron chi connectivity index (χ1n) is 7.59. The third-order valence-corrected chi connectivity index (χ3v) is 4.87. The summed E-state index contributed by atoms with van der Waals surface area (Å²) in [7, 11) is 1.68. The van der Waals surface area contributed by atoms with E-state index in [1.165, 1.54) is 38.5 Å². The highest BCUT2D eigenvalue weighted by Gasteiger charge is 2.43. The molecule has 2 fully saturated rings. The summed E-state index contributed by atoms with van der Waals surface area (Å²) in [6.07, 6.45) is 8.34. The first-order valence-corrected chi connectivity index (χ1v) is 7.59. The van der Waals surface area contributed by atoms with Gasteiger partial charge in [0, 0.05) is 24.6 Å². The van der Waals surface area contributed by atoms with Crippen molar-refractivity contribution in [1.29, 1.82) is 5.26 Å². The molecule has 0 radical (unpaired) electrons. The van der Waals surface area contributed by atoms with Crippen LogP contribution >= 0.6 is 0 Å². The minimum absolute atomic E-state index is 0.551. The molecule has 1 aromatic rings. The molecule has 0 atom stereocenters. The molecule has 1 aliphatic carbocycles. The zero-order valence-corrected chi connectivity index (χ0v) is 12.2. The average molecular weight is 270 g/mol. The monoisotopic (exact) mass is 270 g/mol. The van der Waals surface area contributed by atoms with Crippen molar-refractivity contribution in [1.82, 2.24) is 0 Å². The number of hydrogen-bond donors (Lipinski definition) is 0. The van der Waals surface area contributed by atoms with Crippen LogP contribution in [0, 0.1) is 16.7 Å². The lowest BCUT2D eigenvalue weighted by atomic mass is 9.73. The Balaban J connectivity index is 1.74. The summed E-state index contributed by atoms with van der Waals surface area (Å²) >= 11 is 0. The van der Waals surface area contributed by atoms with Crippen molar-refractivity contribution in [3.8, 4) is 11.8 Å². The van der Waals surface area contributed by atoms with Gasteiger partial charge in [0.1, 0.15) is 5.75 Å². The highest BCUT2D eigenvalue weighted by atomic mass is 16.5. The summed E-state index contributed by atoms with van der Waals surface area (Å²) in [5.74, 6) is 0.826. The maximum atomic E-state index is 8.97. The van der Waals surface area contributed by atoms with Crippen LogP contribution in [-0.2, 0) is 0 Å². The fourth-order valence-electron chi connectivity index (χ4n) is 3.74. The van der Waals surface area contributed by atoms with Crippen LogP contribution < -0.4 is 9.64 Å². The first kappa shape index (κ1) is 13.3. The Morgan fingerprint density at radius 1 is 1.15 bits per heavy atom. The molecule has 0 N–H and O–H groups in total. The molecule has 0 unspecified atom stereocenters. The number of methoxy groups -OCH3 is 1. The van der Waals surface area contributed by atoms with Crippen molar-refractivity contribution in [3.05, 3.63) is 23.8 Å². The SMILES string of the molecule is COc1cc(C#N)ccc1N1CC2(CCCCCC2)C1. The molecule has 1 spiro atoms. The third-order valence-electron chi connectivity index (χ3n) is 4.87. The van der Waals surface area contributed by atoms with E-state index in [1.54, 1.807) is 7.11 Å². The summed E-state index contributed by atoms with van der Waals surface area (Å²) in [6, 6.07) is 7.92. The van der Waals surface area contributed by atoms with Gasteiger partial charge < -0.3 is 9.64 Å². The Labute approximate surface area is 121 Å². The second-order valence-electron chi connectivity index (χ2n) is 6.27. The summed E-state index contributed by atoms with van der Waals surface area (Å²) in [5.41, 5.74) is 2.35. The second kappa shape index (κ2) is 5.36. The quantitative estimate of drug-likeness (QED) is 0.821. The van der Waals surface area contributed by atoms with Gasteiger partial charge in [-0.25, -0.2) is 0 Å². The standard InChI is InChI=1S/C17H22N2O/c1-20-16-10-14(11-18)6-7-15(16)19-12-17(13-19)8-4-2-3-5-9-17/h6-7,10H,2-5,8-9,12-13H2,1H3. The number of benzene rings is 1. The van der Waals surface area contributed by atoms with Gasteiger partial charge in [0.15, 0.2) is 0 Å². The van der Waals surface area contributed by atoms with E-state index >= 15 is 0 Å². The van der Waals surface area contributed by atoms with E-state index in [9.17, 15) is 0 Å². The molecule has 3 heteroatoms. The molecule has 2 aliphatic rings. The summed E-state index contributed by atoms with van der Waals surface area (Å²) in [4.78, 5) is 2.41. The Hall–Kier alpha value is -1.69. The van der Waals surface area contributed by atoms with Crippen molar-refractivity contribution in [2.75, 3.05) is 25.1 Å². The van der Waals surface area contributed by atoms with E-state index in [1.807, 2.05) is 18.2 Å². The second-order valence-corrected chi connectivity index (χ2v) is 6.27. The molecule has 1 heterocycles. The predicted octanol–water partition coefficient (Wildman–Crippen LogP) is 3.73. The Morgan fingerprint density at radius 2 is 1.85 bits per heavy atom. The Morgan fingerprint density at radius 3 is 2.45 bits per heavy atom. The van der Waals surface area contributed by atoms with Crippen molar-refractivity contribution in [2.45, 2.75) is 38.5 Å². The molecule has 1 saturated carbocycles. The first-order chi connectivity index (χ1) is 9.76. The lowest BCUT2D eigenvalue weighted by Crippen LogP contribution is -2.56. The zero-order chi connectivity index (χ0) is 14.0. The van der Waals surface area contributed by atoms with Crippen molar-refractivity contribution in [3.63, 3.8) is 0 Å². The van der Waals surface area contributed by atoms with Crippen molar-refractivity contribution < 1.29 is 4.74 Å². The molecule has 0 aromatic heterocycles. The zero-order valence-electron chi connectivity index (χ0n) is 12.2. The molecular weight excluding hydrogens is 248 g/mol. The molecule has 1 aliphatic heterocycles. The van der Waals surface area contributed by atoms with Crippen molar-refractivity contribution >= 4 is 5.69 Å². The van der Waals surface area contributed by atoms with Crippen LogP contribution in [0.3, 0.4) is 0 Å². The third kappa shape index (κ3) is 2.35. The normalized spacial score (nSPS) is 20.9. The fourth-order valence-corrected chi connectivity index (χ4v) is 3.74. The van der Waals surface area contributed by atoms with E-state index in [4.69, 9.17) is 10.00 Å². The Bertz CT molecular complexity index is 516. The number of anilines is 1. The van der Waals surface area contributed by atoms with Gasteiger partial charge in [-0.1, -0.05) is 25.7 Å². The maximum absolute atomic E-state index is 8.97. The number of hydrogen-bond acceptors (Lipinski definition) is 3. The van der Waals surface area contributed by atoms with Crippen LogP contribution in [0.5, 0.6) is 5.75 Å². The molecule has 0 bridgehead atoms. The van der Waals surface area contributed by atoms with Crippen LogP contribution in [0.2, 0.25) is 0 Å². The molecule has 1 saturated heterocycles. The minimum Gasteiger partial charge on any atom is -0.495 e. The lowest BCUT2D eigenvalue weighted by Gasteiger charge is -2.52. The van der Waals surface area contributed by atoms with Crippen LogP contribution in [0.15, 0.2) is 18.2 Å². The van der Waals surface area contributed by atoms with Crippen LogP contribution in [-0.4, -0.2) is 20.2 Å². The van der Waals surface area contributed by atoms with Crippen molar-refractivity contribution in [2.24, 2.45) is 5.41 Å². The molecule has 1 aromatic carbocycles. The minimum atomic E-state index is 0.551. The van der Waals surface area contributed by atoms with Crippen LogP contribution in [0.25, 0.3) is 0 Å². The Kier molecular flexibility index (Phi) is 3.56. The number of nitriles is 1. The van der Waals surface area contributed by atoms with Gasteiger partial charge in [0.25, 0.3) is 0 Å². The van der Waals surface area contributed by atoms with Gasteiger partial charge in [-0.3, -0.25) is 0 Å². The highest BCUT2D eigenvalue weighted by Crippen LogP contribution is 2.46. The smallest absolute Gasteiger partial charge is 0.143 e. The summed E-state index contributed by atoms with van der Waals surface area (Å²) < 4.78 is 5.45.